The fourth-order valence-electron chi connectivity index (χ4n) is 3.47. The molecule has 0 spiro atoms. The summed E-state index contributed by atoms with van der Waals surface area (Å²) in [4.78, 5) is 13.8. The summed E-state index contributed by atoms with van der Waals surface area (Å²) in [6.07, 6.45) is 1.78. The highest BCUT2D eigenvalue weighted by atomic mass is 16.5. The van der Waals surface area contributed by atoms with E-state index in [0.29, 0.717) is 34.8 Å². The maximum atomic E-state index is 5.48. The molecule has 8 nitrogen and oxygen atoms in total. The van der Waals surface area contributed by atoms with Crippen LogP contribution in [0.2, 0.25) is 0 Å². The second-order valence-corrected chi connectivity index (χ2v) is 7.14. The van der Waals surface area contributed by atoms with E-state index in [1.807, 2.05) is 30.3 Å². The van der Waals surface area contributed by atoms with Crippen molar-refractivity contribution in [3.05, 3.63) is 36.5 Å². The van der Waals surface area contributed by atoms with Crippen LogP contribution < -0.4 is 14.4 Å². The Bertz CT molecular complexity index is 973. The molecule has 0 unspecified atom stereocenters. The Morgan fingerprint density at radius 2 is 1.97 bits per heavy atom. The summed E-state index contributed by atoms with van der Waals surface area (Å²) in [5.74, 6) is 3.00. The highest BCUT2D eigenvalue weighted by molar-refractivity contribution is 5.69. The Morgan fingerprint density at radius 3 is 2.66 bits per heavy atom. The van der Waals surface area contributed by atoms with Gasteiger partial charge in [-0.3, -0.25) is 0 Å². The van der Waals surface area contributed by atoms with Crippen LogP contribution in [0.5, 0.6) is 11.5 Å². The van der Waals surface area contributed by atoms with Crippen LogP contribution in [0.15, 0.2) is 41.1 Å². The van der Waals surface area contributed by atoms with Crippen LogP contribution in [0.1, 0.15) is 6.92 Å². The Kier molecular flexibility index (Phi) is 5.35. The maximum Gasteiger partial charge on any atom is 0.259 e. The van der Waals surface area contributed by atoms with Gasteiger partial charge in [0.25, 0.3) is 5.89 Å². The number of methoxy groups -OCH3 is 2. The van der Waals surface area contributed by atoms with Gasteiger partial charge in [0.15, 0.2) is 11.5 Å². The fourth-order valence-corrected chi connectivity index (χ4v) is 3.47. The molecule has 1 aromatic carbocycles. The number of aromatic nitrogens is 3. The van der Waals surface area contributed by atoms with Crippen molar-refractivity contribution in [2.24, 2.45) is 0 Å². The molecule has 0 amide bonds. The van der Waals surface area contributed by atoms with Gasteiger partial charge in [0.1, 0.15) is 5.82 Å². The molecule has 1 atom stereocenters. The summed E-state index contributed by atoms with van der Waals surface area (Å²) in [7, 11) is 5.34. The molecular weight excluding hydrogens is 370 g/mol. The van der Waals surface area contributed by atoms with Crippen LogP contribution in [0.3, 0.4) is 0 Å². The van der Waals surface area contributed by atoms with E-state index in [0.717, 1.165) is 31.0 Å². The van der Waals surface area contributed by atoms with Crippen molar-refractivity contribution in [3.63, 3.8) is 0 Å². The summed E-state index contributed by atoms with van der Waals surface area (Å²) in [6.45, 7) is 5.18. The van der Waals surface area contributed by atoms with Crippen molar-refractivity contribution in [2.75, 3.05) is 45.8 Å². The third kappa shape index (κ3) is 3.75. The van der Waals surface area contributed by atoms with E-state index in [1.54, 1.807) is 20.4 Å². The van der Waals surface area contributed by atoms with Crippen molar-refractivity contribution in [1.82, 2.24) is 20.0 Å². The second kappa shape index (κ2) is 8.08. The molecule has 0 N–H and O–H groups in total. The minimum atomic E-state index is 0.413. The molecule has 3 aromatic rings. The van der Waals surface area contributed by atoms with Gasteiger partial charge in [-0.05, 0) is 38.2 Å². The summed E-state index contributed by atoms with van der Waals surface area (Å²) in [5.41, 5.74) is 1.48. The number of pyridine rings is 1. The van der Waals surface area contributed by atoms with Gasteiger partial charge in [0, 0.05) is 31.9 Å². The zero-order chi connectivity index (χ0) is 20.4. The van der Waals surface area contributed by atoms with Gasteiger partial charge >= 0.3 is 0 Å². The third-order valence-corrected chi connectivity index (χ3v) is 5.35. The number of piperazine rings is 1. The molecule has 3 heterocycles. The molecule has 29 heavy (non-hydrogen) atoms. The number of hydrogen-bond donors (Lipinski definition) is 0. The molecule has 152 valence electrons. The minimum absolute atomic E-state index is 0.413. The number of ether oxygens (including phenoxy) is 2. The monoisotopic (exact) mass is 395 g/mol. The molecule has 1 fully saturated rings. The molecule has 4 rings (SSSR count). The van der Waals surface area contributed by atoms with Crippen molar-refractivity contribution in [2.45, 2.75) is 13.0 Å². The third-order valence-electron chi connectivity index (χ3n) is 5.35. The van der Waals surface area contributed by atoms with Crippen molar-refractivity contribution < 1.29 is 14.0 Å². The smallest absolute Gasteiger partial charge is 0.259 e. The van der Waals surface area contributed by atoms with Gasteiger partial charge in [-0.15, -0.1) is 0 Å². The van der Waals surface area contributed by atoms with Gasteiger partial charge in [-0.2, -0.15) is 4.98 Å². The van der Waals surface area contributed by atoms with E-state index in [4.69, 9.17) is 14.0 Å². The Morgan fingerprint density at radius 1 is 1.10 bits per heavy atom. The summed E-state index contributed by atoms with van der Waals surface area (Å²) in [5, 5.41) is 4.11. The normalized spacial score (nSPS) is 17.4. The van der Waals surface area contributed by atoms with Crippen LogP contribution in [0.4, 0.5) is 5.82 Å². The van der Waals surface area contributed by atoms with Gasteiger partial charge in [-0.25, -0.2) is 4.98 Å². The summed E-state index contributed by atoms with van der Waals surface area (Å²) in [6, 6.07) is 10.0. The van der Waals surface area contributed by atoms with Crippen LogP contribution in [0.25, 0.3) is 22.8 Å². The van der Waals surface area contributed by atoms with Crippen LogP contribution in [-0.2, 0) is 0 Å². The quantitative estimate of drug-likeness (QED) is 0.653. The highest BCUT2D eigenvalue weighted by Gasteiger charge is 2.22. The zero-order valence-electron chi connectivity index (χ0n) is 17.1. The molecule has 1 saturated heterocycles. The standard InChI is InChI=1S/C21H25N5O3/c1-14-13-26(11-10-25(14)2)18-9-8-15(12-22-18)21-23-20(24-29-21)16-6-5-7-17(27-3)19(16)28-4/h5-9,12,14H,10-11,13H2,1-4H3/t14-/m0/s1. The van der Waals surface area contributed by atoms with Crippen LogP contribution in [0, 0.1) is 0 Å². The van der Waals surface area contributed by atoms with E-state index in [2.05, 4.69) is 38.9 Å². The number of rotatable bonds is 5. The number of hydrogen-bond acceptors (Lipinski definition) is 8. The van der Waals surface area contributed by atoms with Gasteiger partial charge in [0.05, 0.1) is 25.3 Å². The summed E-state index contributed by atoms with van der Waals surface area (Å²) >= 11 is 0. The Hall–Kier alpha value is -3.13. The molecule has 1 aliphatic rings. The van der Waals surface area contributed by atoms with Gasteiger partial charge in [-0.1, -0.05) is 11.2 Å². The lowest BCUT2D eigenvalue weighted by atomic mass is 10.1. The molecule has 1 aliphatic heterocycles. The number of para-hydroxylation sites is 1. The maximum absolute atomic E-state index is 5.48. The lowest BCUT2D eigenvalue weighted by Gasteiger charge is -2.38. The van der Waals surface area contributed by atoms with E-state index in [9.17, 15) is 0 Å². The largest absolute Gasteiger partial charge is 0.493 e. The van der Waals surface area contributed by atoms with Crippen molar-refractivity contribution in [1.29, 1.82) is 0 Å². The SMILES string of the molecule is COc1cccc(-c2noc(-c3ccc(N4CCN(C)[C@@H](C)C4)nc3)n2)c1OC. The lowest BCUT2D eigenvalue weighted by molar-refractivity contribution is 0.233. The lowest BCUT2D eigenvalue weighted by Crippen LogP contribution is -2.50. The van der Waals surface area contributed by atoms with Gasteiger partial charge < -0.3 is 23.8 Å². The van der Waals surface area contributed by atoms with E-state index in [-0.39, 0.29) is 0 Å². The second-order valence-electron chi connectivity index (χ2n) is 7.14. The number of likely N-dealkylation sites (N-methyl/N-ethyl adjacent to an activating group) is 1. The number of benzene rings is 1. The topological polar surface area (TPSA) is 76.8 Å². The first-order valence-electron chi connectivity index (χ1n) is 9.57. The molecule has 0 bridgehead atoms. The molecule has 2 aromatic heterocycles. The van der Waals surface area contributed by atoms with E-state index in [1.165, 1.54) is 0 Å². The zero-order valence-corrected chi connectivity index (χ0v) is 17.1. The molecule has 0 aliphatic carbocycles. The Labute approximate surface area is 170 Å². The molecule has 0 saturated carbocycles. The first kappa shape index (κ1) is 19.2. The molecule has 8 heteroatoms. The molecule has 0 radical (unpaired) electrons. The van der Waals surface area contributed by atoms with Gasteiger partial charge in [0.2, 0.25) is 5.82 Å². The predicted molar refractivity (Wildman–Crippen MR) is 110 cm³/mol. The Balaban J connectivity index is 1.56. The van der Waals surface area contributed by atoms with E-state index >= 15 is 0 Å². The summed E-state index contributed by atoms with van der Waals surface area (Å²) < 4.78 is 16.3. The average Bonchev–Trinajstić information content (AvgIpc) is 3.25. The molecular formula is C21H25N5O3. The highest BCUT2D eigenvalue weighted by Crippen LogP contribution is 2.37. The first-order valence-corrected chi connectivity index (χ1v) is 9.57. The first-order chi connectivity index (χ1) is 14.1. The van der Waals surface area contributed by atoms with Crippen molar-refractivity contribution in [3.8, 4) is 34.3 Å². The predicted octanol–water partition coefficient (Wildman–Crippen LogP) is 2.96. The van der Waals surface area contributed by atoms with E-state index < -0.39 is 0 Å². The number of anilines is 1. The average molecular weight is 395 g/mol. The van der Waals surface area contributed by atoms with Crippen LogP contribution >= 0.6 is 0 Å². The van der Waals surface area contributed by atoms with Crippen LogP contribution in [-0.4, -0.2) is 67.0 Å². The van der Waals surface area contributed by atoms with Crippen molar-refractivity contribution >= 4 is 5.82 Å². The number of nitrogens with zero attached hydrogens (tertiary/aromatic N) is 5. The minimum Gasteiger partial charge on any atom is -0.493 e. The fraction of sp³-hybridized carbons (Fsp3) is 0.381.